The average molecular weight is 271 g/mol. The van der Waals surface area contributed by atoms with Gasteiger partial charge < -0.3 is 20.7 Å². The molecule has 19 heavy (non-hydrogen) atoms. The van der Waals surface area contributed by atoms with Gasteiger partial charge in [0.05, 0.1) is 12.0 Å². The lowest BCUT2D eigenvalue weighted by atomic mass is 9.92. The van der Waals surface area contributed by atoms with Gasteiger partial charge >= 0.3 is 6.09 Å². The molecule has 110 valence electrons. The second-order valence-corrected chi connectivity index (χ2v) is 5.75. The summed E-state index contributed by atoms with van der Waals surface area (Å²) in [6.45, 7) is 9.29. The van der Waals surface area contributed by atoms with Crippen molar-refractivity contribution in [1.82, 2.24) is 16.0 Å². The molecule has 1 aliphatic heterocycles. The van der Waals surface area contributed by atoms with Gasteiger partial charge in [-0.3, -0.25) is 4.79 Å². The van der Waals surface area contributed by atoms with Crippen molar-refractivity contribution in [2.75, 3.05) is 19.6 Å². The highest BCUT2D eigenvalue weighted by atomic mass is 16.6. The first-order chi connectivity index (χ1) is 8.83. The molecule has 2 amide bonds. The van der Waals surface area contributed by atoms with Crippen LogP contribution in [0.2, 0.25) is 0 Å². The smallest absolute Gasteiger partial charge is 0.407 e. The number of carbonyl (C=O) groups excluding carboxylic acids is 2. The van der Waals surface area contributed by atoms with Crippen LogP contribution < -0.4 is 16.0 Å². The van der Waals surface area contributed by atoms with Gasteiger partial charge in [-0.05, 0) is 40.7 Å². The third kappa shape index (κ3) is 5.46. The second-order valence-electron chi connectivity index (χ2n) is 5.75. The standard InChI is InChI=1S/C13H25N3O3/c1-5-15-11(17)9-6-7-14-8-10(9)16-12(18)19-13(2,3)4/h9-10,14H,5-8H2,1-4H3,(H,15,17)(H,16,18)/t9-,10-/m1/s1. The van der Waals surface area contributed by atoms with Crippen molar-refractivity contribution >= 4 is 12.0 Å². The molecule has 1 aliphatic rings. The summed E-state index contributed by atoms with van der Waals surface area (Å²) in [5.41, 5.74) is -0.534. The van der Waals surface area contributed by atoms with Crippen LogP contribution in [0.5, 0.6) is 0 Å². The Bertz CT molecular complexity index is 326. The fourth-order valence-electron chi connectivity index (χ4n) is 2.09. The number of hydrogen-bond acceptors (Lipinski definition) is 4. The summed E-state index contributed by atoms with van der Waals surface area (Å²) in [5, 5.41) is 8.77. The summed E-state index contributed by atoms with van der Waals surface area (Å²) < 4.78 is 5.22. The molecule has 1 fully saturated rings. The van der Waals surface area contributed by atoms with Crippen LogP contribution in [0, 0.1) is 5.92 Å². The van der Waals surface area contributed by atoms with Crippen LogP contribution in [-0.4, -0.2) is 43.3 Å². The van der Waals surface area contributed by atoms with Gasteiger partial charge in [0, 0.05) is 13.1 Å². The van der Waals surface area contributed by atoms with Crippen molar-refractivity contribution in [3.63, 3.8) is 0 Å². The molecule has 0 aromatic heterocycles. The zero-order chi connectivity index (χ0) is 14.5. The summed E-state index contributed by atoms with van der Waals surface area (Å²) in [5.74, 6) is -0.209. The van der Waals surface area contributed by atoms with E-state index in [1.807, 2.05) is 27.7 Å². The van der Waals surface area contributed by atoms with Crippen LogP contribution in [0.15, 0.2) is 0 Å². The minimum absolute atomic E-state index is 0.00920. The molecule has 0 unspecified atom stereocenters. The van der Waals surface area contributed by atoms with Gasteiger partial charge in [-0.2, -0.15) is 0 Å². The van der Waals surface area contributed by atoms with Gasteiger partial charge in [0.2, 0.25) is 5.91 Å². The number of alkyl carbamates (subject to hydrolysis) is 1. The predicted molar refractivity (Wildman–Crippen MR) is 72.8 cm³/mol. The zero-order valence-electron chi connectivity index (χ0n) is 12.2. The Balaban J connectivity index is 2.57. The van der Waals surface area contributed by atoms with E-state index >= 15 is 0 Å². The van der Waals surface area contributed by atoms with Crippen molar-refractivity contribution in [2.45, 2.75) is 45.8 Å². The molecule has 0 radical (unpaired) electrons. The maximum absolute atomic E-state index is 11.9. The van der Waals surface area contributed by atoms with Crippen LogP contribution in [0.25, 0.3) is 0 Å². The highest BCUT2D eigenvalue weighted by molar-refractivity contribution is 5.80. The lowest BCUT2D eigenvalue weighted by Crippen LogP contribution is -2.56. The van der Waals surface area contributed by atoms with Crippen LogP contribution in [0.3, 0.4) is 0 Å². The molecule has 0 aliphatic carbocycles. The Morgan fingerprint density at radius 3 is 2.63 bits per heavy atom. The fraction of sp³-hybridized carbons (Fsp3) is 0.846. The van der Waals surface area contributed by atoms with Gasteiger partial charge in [0.1, 0.15) is 5.60 Å². The number of hydrogen-bond donors (Lipinski definition) is 3. The fourth-order valence-corrected chi connectivity index (χ4v) is 2.09. The van der Waals surface area contributed by atoms with Gasteiger partial charge in [-0.1, -0.05) is 0 Å². The average Bonchev–Trinajstić information content (AvgIpc) is 2.27. The van der Waals surface area contributed by atoms with Crippen molar-refractivity contribution in [2.24, 2.45) is 5.92 Å². The van der Waals surface area contributed by atoms with Crippen LogP contribution in [0.1, 0.15) is 34.1 Å². The van der Waals surface area contributed by atoms with Crippen LogP contribution >= 0.6 is 0 Å². The molecule has 0 aromatic carbocycles. The highest BCUT2D eigenvalue weighted by Crippen LogP contribution is 2.14. The molecule has 0 bridgehead atoms. The molecule has 1 heterocycles. The third-order valence-corrected chi connectivity index (χ3v) is 2.87. The summed E-state index contributed by atoms with van der Waals surface area (Å²) in [4.78, 5) is 23.7. The lowest BCUT2D eigenvalue weighted by molar-refractivity contribution is -0.126. The molecule has 6 nitrogen and oxygen atoms in total. The maximum atomic E-state index is 11.9. The van der Waals surface area contributed by atoms with Gasteiger partial charge in [-0.15, -0.1) is 0 Å². The minimum atomic E-state index is -0.534. The number of rotatable bonds is 3. The third-order valence-electron chi connectivity index (χ3n) is 2.87. The quantitative estimate of drug-likeness (QED) is 0.703. The summed E-state index contributed by atoms with van der Waals surface area (Å²) >= 11 is 0. The van der Waals surface area contributed by atoms with E-state index in [1.54, 1.807) is 0 Å². The minimum Gasteiger partial charge on any atom is -0.444 e. The molecule has 1 saturated heterocycles. The molecular weight excluding hydrogens is 246 g/mol. The maximum Gasteiger partial charge on any atom is 0.407 e. The van der Waals surface area contributed by atoms with Gasteiger partial charge in [-0.25, -0.2) is 4.79 Å². The first-order valence-electron chi connectivity index (χ1n) is 6.81. The molecular formula is C13H25N3O3. The van der Waals surface area contributed by atoms with E-state index in [0.29, 0.717) is 19.5 Å². The van der Waals surface area contributed by atoms with E-state index in [9.17, 15) is 9.59 Å². The number of carbonyl (C=O) groups is 2. The SMILES string of the molecule is CCNC(=O)[C@@H]1CCNC[C@H]1NC(=O)OC(C)(C)C. The van der Waals surface area contributed by atoms with Crippen LogP contribution in [-0.2, 0) is 9.53 Å². The molecule has 2 atom stereocenters. The second kappa shape index (κ2) is 6.75. The predicted octanol–water partition coefficient (Wildman–Crippen LogP) is 0.625. The Labute approximate surface area is 114 Å². The molecule has 0 spiro atoms. The largest absolute Gasteiger partial charge is 0.444 e. The molecule has 6 heteroatoms. The van der Waals surface area contributed by atoms with Crippen molar-refractivity contribution in [3.8, 4) is 0 Å². The van der Waals surface area contributed by atoms with Gasteiger partial charge in [0.25, 0.3) is 0 Å². The highest BCUT2D eigenvalue weighted by Gasteiger charge is 2.32. The van der Waals surface area contributed by atoms with E-state index < -0.39 is 11.7 Å². The van der Waals surface area contributed by atoms with E-state index in [1.165, 1.54) is 0 Å². The van der Waals surface area contributed by atoms with Crippen molar-refractivity contribution < 1.29 is 14.3 Å². The topological polar surface area (TPSA) is 79.5 Å². The summed E-state index contributed by atoms with van der Waals surface area (Å²) in [7, 11) is 0. The zero-order valence-corrected chi connectivity index (χ0v) is 12.2. The molecule has 0 saturated carbocycles. The van der Waals surface area contributed by atoms with Crippen molar-refractivity contribution in [3.05, 3.63) is 0 Å². The molecule has 0 aromatic rings. The first kappa shape index (κ1) is 15.8. The lowest BCUT2D eigenvalue weighted by Gasteiger charge is -2.32. The van der Waals surface area contributed by atoms with E-state index in [4.69, 9.17) is 4.74 Å². The summed E-state index contributed by atoms with van der Waals surface area (Å²) in [6, 6.07) is -0.227. The monoisotopic (exact) mass is 271 g/mol. The van der Waals surface area contributed by atoms with E-state index in [2.05, 4.69) is 16.0 Å². The Kier molecular flexibility index (Phi) is 5.60. The van der Waals surface area contributed by atoms with E-state index in [0.717, 1.165) is 6.54 Å². The normalized spacial score (nSPS) is 23.6. The number of ether oxygens (including phenoxy) is 1. The number of nitrogens with one attached hydrogen (secondary N) is 3. The molecule has 1 rings (SSSR count). The Morgan fingerprint density at radius 2 is 2.05 bits per heavy atom. The van der Waals surface area contributed by atoms with E-state index in [-0.39, 0.29) is 17.9 Å². The van der Waals surface area contributed by atoms with Crippen molar-refractivity contribution in [1.29, 1.82) is 0 Å². The van der Waals surface area contributed by atoms with Gasteiger partial charge in [0.15, 0.2) is 0 Å². The number of piperidine rings is 1. The summed E-state index contributed by atoms with van der Waals surface area (Å²) in [6.07, 6.45) is 0.238. The first-order valence-corrected chi connectivity index (χ1v) is 6.81. The Morgan fingerprint density at radius 1 is 1.37 bits per heavy atom. The number of amides is 2. The molecule has 3 N–H and O–H groups in total. The Hall–Kier alpha value is -1.30. The van der Waals surface area contributed by atoms with Crippen LogP contribution in [0.4, 0.5) is 4.79 Å².